The van der Waals surface area contributed by atoms with Gasteiger partial charge in [-0.3, -0.25) is 14.3 Å². The van der Waals surface area contributed by atoms with Gasteiger partial charge in [0.15, 0.2) is 0 Å². The van der Waals surface area contributed by atoms with Crippen LogP contribution in [0.25, 0.3) is 0 Å². The highest BCUT2D eigenvalue weighted by atomic mass is 32.2. The second-order valence-corrected chi connectivity index (χ2v) is 8.20. The number of hydrogen-bond acceptors (Lipinski definition) is 6. The van der Waals surface area contributed by atoms with Gasteiger partial charge in [-0.1, -0.05) is 6.07 Å². The van der Waals surface area contributed by atoms with Crippen LogP contribution >= 0.6 is 11.9 Å². The van der Waals surface area contributed by atoms with Crippen LogP contribution in [0.4, 0.5) is 18.0 Å². The minimum atomic E-state index is -2.80. The largest absolute Gasteiger partial charge is 0.511 e. The van der Waals surface area contributed by atoms with Crippen molar-refractivity contribution in [3.05, 3.63) is 40.9 Å². The molecule has 7 nitrogen and oxygen atoms in total. The van der Waals surface area contributed by atoms with Crippen molar-refractivity contribution in [3.63, 3.8) is 0 Å². The first-order chi connectivity index (χ1) is 13.9. The number of amides is 3. The fraction of sp³-hybridized carbons (Fsp3) is 0.421. The molecule has 0 bridgehead atoms. The van der Waals surface area contributed by atoms with E-state index in [1.807, 2.05) is 0 Å². The van der Waals surface area contributed by atoms with Gasteiger partial charge in [-0.05, 0) is 44.9 Å². The Morgan fingerprint density at radius 1 is 1.33 bits per heavy atom. The van der Waals surface area contributed by atoms with Crippen LogP contribution in [0.3, 0.4) is 0 Å². The fourth-order valence-electron chi connectivity index (χ4n) is 2.56. The third kappa shape index (κ3) is 5.91. The first-order valence-corrected chi connectivity index (χ1v) is 9.72. The number of imide groups is 1. The van der Waals surface area contributed by atoms with Crippen LogP contribution in [0.1, 0.15) is 32.8 Å². The smallest absolute Gasteiger partial charge is 0.417 e. The number of halogens is 3. The Bertz CT molecular complexity index is 883. The van der Waals surface area contributed by atoms with Gasteiger partial charge in [0, 0.05) is 29.8 Å². The molecule has 0 spiro atoms. The molecule has 11 heteroatoms. The summed E-state index contributed by atoms with van der Waals surface area (Å²) in [6.07, 6.45) is -4.78. The number of nitrogens with zero attached hydrogens (tertiary/aromatic N) is 1. The van der Waals surface area contributed by atoms with E-state index in [4.69, 9.17) is 4.74 Å². The van der Waals surface area contributed by atoms with E-state index in [-0.39, 0.29) is 23.4 Å². The topological polar surface area (TPSA) is 95.9 Å². The Hall–Kier alpha value is -2.69. The second-order valence-electron chi connectivity index (χ2n) is 7.35. The van der Waals surface area contributed by atoms with Crippen molar-refractivity contribution in [2.24, 2.45) is 0 Å². The van der Waals surface area contributed by atoms with E-state index in [9.17, 15) is 32.7 Å². The number of alkyl halides is 2. The molecule has 1 aliphatic heterocycles. The van der Waals surface area contributed by atoms with Crippen molar-refractivity contribution in [1.82, 2.24) is 9.62 Å². The molecule has 0 aliphatic carbocycles. The third-order valence-corrected chi connectivity index (χ3v) is 4.74. The third-order valence-electron chi connectivity index (χ3n) is 3.85. The number of carbonyl (C=O) groups excluding carboxylic acids is 3. The molecule has 164 valence electrons. The molecule has 3 amide bonds. The number of benzene rings is 1. The first-order valence-electron chi connectivity index (χ1n) is 8.90. The van der Waals surface area contributed by atoms with Crippen molar-refractivity contribution >= 4 is 29.9 Å². The Labute approximate surface area is 175 Å². The normalized spacial score (nSPS) is 14.9. The number of carbonyl (C=O) groups is 3. The zero-order chi connectivity index (χ0) is 22.6. The predicted molar refractivity (Wildman–Crippen MR) is 102 cm³/mol. The van der Waals surface area contributed by atoms with Gasteiger partial charge in [-0.15, -0.1) is 0 Å². The Balaban J connectivity index is 2.16. The molecular formula is C19H21F3N2O5S. The van der Waals surface area contributed by atoms with Crippen LogP contribution in [-0.4, -0.2) is 46.5 Å². The van der Waals surface area contributed by atoms with Crippen LogP contribution in [0, 0.1) is 5.82 Å². The van der Waals surface area contributed by atoms with Gasteiger partial charge in [-0.25, -0.2) is 22.9 Å². The zero-order valence-corrected chi connectivity index (χ0v) is 17.3. The number of rotatable bonds is 5. The van der Waals surface area contributed by atoms with Gasteiger partial charge in [0.2, 0.25) is 6.43 Å². The molecule has 1 aromatic rings. The fourth-order valence-corrected chi connectivity index (χ4v) is 3.32. The van der Waals surface area contributed by atoms with E-state index in [0.717, 1.165) is 6.07 Å². The lowest BCUT2D eigenvalue weighted by Gasteiger charge is -2.29. The van der Waals surface area contributed by atoms with E-state index in [0.29, 0.717) is 16.8 Å². The molecule has 2 rings (SSSR count). The summed E-state index contributed by atoms with van der Waals surface area (Å²) in [5.41, 5.74) is -1.84. The number of ether oxygens (including phenoxy) is 1. The molecule has 0 atom stereocenters. The number of hydrogen-bond donors (Lipinski definition) is 2. The van der Waals surface area contributed by atoms with Gasteiger partial charge in [-0.2, -0.15) is 0 Å². The molecule has 30 heavy (non-hydrogen) atoms. The lowest BCUT2D eigenvalue weighted by atomic mass is 10.1. The van der Waals surface area contributed by atoms with Gasteiger partial charge >= 0.3 is 6.09 Å². The van der Waals surface area contributed by atoms with Crippen LogP contribution in [0.15, 0.2) is 34.4 Å². The van der Waals surface area contributed by atoms with Gasteiger partial charge in [0.05, 0.1) is 0 Å². The summed E-state index contributed by atoms with van der Waals surface area (Å²) in [7, 11) is 0. The van der Waals surface area contributed by atoms with Crippen LogP contribution in [-0.2, 0) is 20.7 Å². The number of aliphatic hydroxyl groups excluding tert-OH is 1. The van der Waals surface area contributed by atoms with E-state index in [1.165, 1.54) is 12.1 Å². The first kappa shape index (κ1) is 23.6. The van der Waals surface area contributed by atoms with Crippen LogP contribution in [0.2, 0.25) is 0 Å². The monoisotopic (exact) mass is 446 g/mol. The molecule has 0 unspecified atom stereocenters. The molecule has 0 fully saturated rings. The summed E-state index contributed by atoms with van der Waals surface area (Å²) in [6.45, 7) is 4.64. The average Bonchev–Trinajstić information content (AvgIpc) is 2.60. The molecule has 0 radical (unpaired) electrons. The maximum absolute atomic E-state index is 13.9. The van der Waals surface area contributed by atoms with Gasteiger partial charge < -0.3 is 9.84 Å². The van der Waals surface area contributed by atoms with Gasteiger partial charge in [0.25, 0.3) is 11.8 Å². The number of nitrogens with one attached hydrogen (secondary N) is 1. The van der Waals surface area contributed by atoms with Crippen LogP contribution in [0.5, 0.6) is 0 Å². The molecule has 1 aliphatic rings. The summed E-state index contributed by atoms with van der Waals surface area (Å²) in [5.74, 6) is -3.49. The SMILES string of the molecule is CC(C)(C)OC(=O)N1CCC(O)=C(C(=O)NSc2cccc(F)c2CC(F)F)C1=O. The van der Waals surface area contributed by atoms with Crippen molar-refractivity contribution in [3.8, 4) is 0 Å². The van der Waals surface area contributed by atoms with E-state index < -0.39 is 53.5 Å². The summed E-state index contributed by atoms with van der Waals surface area (Å²) >= 11 is 0.524. The summed E-state index contributed by atoms with van der Waals surface area (Å²) in [5, 5.41) is 10.0. The van der Waals surface area contributed by atoms with Crippen molar-refractivity contribution in [2.75, 3.05) is 6.54 Å². The van der Waals surface area contributed by atoms with Crippen molar-refractivity contribution < 1.29 is 37.4 Å². The minimum absolute atomic E-state index is 0.0241. The molecule has 0 saturated heterocycles. The molecule has 1 aromatic carbocycles. The Kier molecular flexibility index (Phi) is 7.40. The summed E-state index contributed by atoms with van der Waals surface area (Å²) < 4.78 is 46.6. The van der Waals surface area contributed by atoms with Crippen molar-refractivity contribution in [2.45, 2.75) is 50.5 Å². The quantitative estimate of drug-likeness (QED) is 0.529. The summed E-state index contributed by atoms with van der Waals surface area (Å²) in [4.78, 5) is 37.9. The lowest BCUT2D eigenvalue weighted by molar-refractivity contribution is -0.130. The van der Waals surface area contributed by atoms with Gasteiger partial charge in [0.1, 0.15) is 22.8 Å². The standard InChI is InChI=1S/C19H21F3N2O5S/c1-19(2,3)29-18(28)24-8-7-12(25)15(17(24)27)16(26)23-30-13-6-4-5-11(20)10(13)9-14(21)22/h4-6,14,25H,7-9H2,1-3H3,(H,23,26). The summed E-state index contributed by atoms with van der Waals surface area (Å²) in [6, 6.07) is 3.63. The molecule has 1 heterocycles. The van der Waals surface area contributed by atoms with E-state index in [2.05, 4.69) is 4.72 Å². The molecule has 2 N–H and O–H groups in total. The Morgan fingerprint density at radius 2 is 2.00 bits per heavy atom. The van der Waals surface area contributed by atoms with E-state index >= 15 is 0 Å². The Morgan fingerprint density at radius 3 is 2.60 bits per heavy atom. The van der Waals surface area contributed by atoms with Crippen molar-refractivity contribution in [1.29, 1.82) is 0 Å². The maximum atomic E-state index is 13.9. The highest BCUT2D eigenvalue weighted by molar-refractivity contribution is 7.98. The molecule has 0 saturated carbocycles. The lowest BCUT2D eigenvalue weighted by Crippen LogP contribution is -2.47. The highest BCUT2D eigenvalue weighted by Crippen LogP contribution is 2.27. The number of aliphatic hydroxyl groups is 1. The molecule has 0 aromatic heterocycles. The molecular weight excluding hydrogens is 425 g/mol. The van der Waals surface area contributed by atoms with Crippen LogP contribution < -0.4 is 4.72 Å². The average molecular weight is 446 g/mol. The minimum Gasteiger partial charge on any atom is -0.511 e. The maximum Gasteiger partial charge on any atom is 0.417 e. The highest BCUT2D eigenvalue weighted by Gasteiger charge is 2.37. The second kappa shape index (κ2) is 9.41. The predicted octanol–water partition coefficient (Wildman–Crippen LogP) is 3.74. The zero-order valence-electron chi connectivity index (χ0n) is 16.5. The van der Waals surface area contributed by atoms with E-state index in [1.54, 1.807) is 20.8 Å².